The van der Waals surface area contributed by atoms with Crippen molar-refractivity contribution in [1.29, 1.82) is 0 Å². The molecule has 39 heavy (non-hydrogen) atoms. The average molecular weight is 571 g/mol. The molecule has 0 unspecified atom stereocenters. The van der Waals surface area contributed by atoms with Crippen molar-refractivity contribution < 1.29 is 32.0 Å². The summed E-state index contributed by atoms with van der Waals surface area (Å²) >= 11 is 0. The minimum atomic E-state index is -3.67. The first-order chi connectivity index (χ1) is 18.2. The second-order valence-electron chi connectivity index (χ2n) is 12.1. The number of carbonyl (C=O) groups is 2. The summed E-state index contributed by atoms with van der Waals surface area (Å²) in [6, 6.07) is 0.596. The Labute approximate surface area is 235 Å². The lowest BCUT2D eigenvalue weighted by atomic mass is 9.54. The largest absolute Gasteiger partial charge is 0.428 e. The molecule has 0 atom stereocenters. The Morgan fingerprint density at radius 2 is 1.56 bits per heavy atom. The van der Waals surface area contributed by atoms with Crippen molar-refractivity contribution >= 4 is 22.2 Å². The van der Waals surface area contributed by atoms with Crippen LogP contribution in [0.4, 0.5) is 4.79 Å². The van der Waals surface area contributed by atoms with Gasteiger partial charge in [-0.1, -0.05) is 37.1 Å². The molecule has 1 amide bonds. The molecule has 0 saturated heterocycles. The first kappa shape index (κ1) is 33.3. The van der Waals surface area contributed by atoms with E-state index in [4.69, 9.17) is 14.0 Å². The molecule has 4 aliphatic rings. The molecule has 0 aromatic heterocycles. The topological polar surface area (TPSA) is 122 Å². The van der Waals surface area contributed by atoms with Gasteiger partial charge in [0.25, 0.3) is 10.1 Å². The minimum absolute atomic E-state index is 0.244. The zero-order valence-corrected chi connectivity index (χ0v) is 25.5. The van der Waals surface area contributed by atoms with E-state index >= 15 is 0 Å². The van der Waals surface area contributed by atoms with Gasteiger partial charge in [0.1, 0.15) is 0 Å². The lowest BCUT2D eigenvalue weighted by Gasteiger charge is -2.54. The fraction of sp³-hybridized carbons (Fsp3) is 0.793. The number of nitrogens with one attached hydrogen (secondary N) is 1. The van der Waals surface area contributed by atoms with Crippen LogP contribution in [0, 0.1) is 29.6 Å². The molecular weight excluding hydrogens is 520 g/mol. The summed E-state index contributed by atoms with van der Waals surface area (Å²) in [5.74, 6) is 2.93. The molecule has 4 fully saturated rings. The summed E-state index contributed by atoms with van der Waals surface area (Å²) in [7, 11) is -3.67. The summed E-state index contributed by atoms with van der Waals surface area (Å²) < 4.78 is 36.2. The summed E-state index contributed by atoms with van der Waals surface area (Å²) in [6.45, 7) is 11.4. The van der Waals surface area contributed by atoms with Gasteiger partial charge in [0.2, 0.25) is 6.79 Å². The van der Waals surface area contributed by atoms with Crippen molar-refractivity contribution in [1.82, 2.24) is 10.2 Å². The second kappa shape index (κ2) is 15.8. The Kier molecular flexibility index (Phi) is 13.5. The molecule has 4 aliphatic carbocycles. The van der Waals surface area contributed by atoms with Crippen LogP contribution in [0.25, 0.3) is 0 Å². The molecule has 4 saturated carbocycles. The third-order valence-electron chi connectivity index (χ3n) is 7.85. The number of hydrogen-bond donors (Lipinski definition) is 2. The maximum absolute atomic E-state index is 12.8. The van der Waals surface area contributed by atoms with E-state index in [0.717, 1.165) is 43.1 Å². The Morgan fingerprint density at radius 3 is 2.08 bits per heavy atom. The van der Waals surface area contributed by atoms with Crippen LogP contribution >= 0.6 is 0 Å². The van der Waals surface area contributed by atoms with Gasteiger partial charge in [-0.05, 0) is 89.4 Å². The summed E-state index contributed by atoms with van der Waals surface area (Å²) in [4.78, 5) is 26.2. The van der Waals surface area contributed by atoms with E-state index in [2.05, 4.69) is 38.2 Å². The van der Waals surface area contributed by atoms with Crippen LogP contribution in [0.15, 0.2) is 23.3 Å². The SMILES string of the molecule is CC(C)=CCC/C(C)=C/CN(CCNC1C2CC3CC(C2)CC1C3)C(=O)OCOC(=O)C(C)C.CS(=O)(=O)O. The van der Waals surface area contributed by atoms with Crippen LogP contribution in [0.3, 0.4) is 0 Å². The quantitative estimate of drug-likeness (QED) is 0.142. The molecule has 0 heterocycles. The van der Waals surface area contributed by atoms with Crippen LogP contribution in [0.1, 0.15) is 79.6 Å². The third-order valence-corrected chi connectivity index (χ3v) is 7.85. The average Bonchev–Trinajstić information content (AvgIpc) is 2.80. The van der Waals surface area contributed by atoms with E-state index in [9.17, 15) is 18.0 Å². The van der Waals surface area contributed by atoms with Gasteiger partial charge in [-0.15, -0.1) is 0 Å². The Hall–Kier alpha value is -1.91. The first-order valence-electron chi connectivity index (χ1n) is 14.3. The predicted molar refractivity (Wildman–Crippen MR) is 153 cm³/mol. The highest BCUT2D eigenvalue weighted by Gasteiger charge is 2.47. The van der Waals surface area contributed by atoms with Gasteiger partial charge in [0.05, 0.1) is 12.2 Å². The summed E-state index contributed by atoms with van der Waals surface area (Å²) in [6.07, 6.45) is 13.6. The maximum atomic E-state index is 12.8. The molecule has 0 radical (unpaired) electrons. The van der Waals surface area contributed by atoms with Crippen molar-refractivity contribution in [3.05, 3.63) is 23.3 Å². The lowest BCUT2D eigenvalue weighted by molar-refractivity contribution is -0.156. The molecule has 0 aromatic carbocycles. The number of hydrogen-bond acceptors (Lipinski definition) is 7. The fourth-order valence-electron chi connectivity index (χ4n) is 6.23. The Morgan fingerprint density at radius 1 is 1.00 bits per heavy atom. The predicted octanol–water partition coefficient (Wildman–Crippen LogP) is 5.19. The van der Waals surface area contributed by atoms with Gasteiger partial charge in [-0.2, -0.15) is 8.42 Å². The molecule has 0 aromatic rings. The van der Waals surface area contributed by atoms with E-state index in [1.54, 1.807) is 18.7 Å². The van der Waals surface area contributed by atoms with Gasteiger partial charge in [-0.3, -0.25) is 9.35 Å². The molecule has 0 aliphatic heterocycles. The summed E-state index contributed by atoms with van der Waals surface area (Å²) in [5.41, 5.74) is 2.58. The monoisotopic (exact) mass is 570 g/mol. The van der Waals surface area contributed by atoms with E-state index < -0.39 is 16.2 Å². The molecule has 0 spiro atoms. The van der Waals surface area contributed by atoms with Gasteiger partial charge in [0, 0.05) is 25.7 Å². The van der Waals surface area contributed by atoms with Crippen molar-refractivity contribution in [3.63, 3.8) is 0 Å². The molecule has 10 heteroatoms. The molecule has 2 N–H and O–H groups in total. The lowest BCUT2D eigenvalue weighted by Crippen LogP contribution is -2.55. The van der Waals surface area contributed by atoms with E-state index in [-0.39, 0.29) is 18.7 Å². The number of esters is 1. The summed E-state index contributed by atoms with van der Waals surface area (Å²) in [5, 5.41) is 3.81. The number of carbonyl (C=O) groups excluding carboxylic acids is 2. The molecular formula is C29H50N2O7S. The number of nitrogens with zero attached hydrogens (tertiary/aromatic N) is 1. The first-order valence-corrected chi connectivity index (χ1v) is 16.1. The molecule has 4 bridgehead atoms. The van der Waals surface area contributed by atoms with Crippen molar-refractivity contribution in [3.8, 4) is 0 Å². The maximum Gasteiger partial charge on any atom is 0.412 e. The van der Waals surface area contributed by atoms with Crippen molar-refractivity contribution in [2.24, 2.45) is 29.6 Å². The van der Waals surface area contributed by atoms with Gasteiger partial charge in [-0.25, -0.2) is 4.79 Å². The highest BCUT2D eigenvalue weighted by Crippen LogP contribution is 2.53. The molecule has 4 rings (SSSR count). The van der Waals surface area contributed by atoms with Crippen LogP contribution in [-0.2, 0) is 24.4 Å². The highest BCUT2D eigenvalue weighted by molar-refractivity contribution is 7.85. The zero-order chi connectivity index (χ0) is 29.2. The highest BCUT2D eigenvalue weighted by atomic mass is 32.2. The smallest absolute Gasteiger partial charge is 0.412 e. The normalized spacial score (nSPS) is 25.5. The van der Waals surface area contributed by atoms with Crippen molar-refractivity contribution in [2.45, 2.75) is 85.6 Å². The van der Waals surface area contributed by atoms with Gasteiger partial charge < -0.3 is 19.7 Å². The Bertz CT molecular complexity index is 934. The van der Waals surface area contributed by atoms with Crippen LogP contribution in [-0.4, -0.2) is 68.7 Å². The zero-order valence-electron chi connectivity index (χ0n) is 24.6. The number of rotatable bonds is 12. The number of ether oxygens (including phenoxy) is 2. The molecule has 9 nitrogen and oxygen atoms in total. The fourth-order valence-corrected chi connectivity index (χ4v) is 6.23. The number of amides is 1. The third kappa shape index (κ3) is 12.9. The standard InChI is InChI=1S/C28H46N2O4.CH4O3S/c1-19(2)7-6-8-21(5)9-11-30(28(32)34-18-33-27(31)20(3)4)12-10-29-26-24-14-22-13-23(16-24)17-25(26)15-22;1-5(2,3)4/h7,9,20,22-26,29H,6,8,10-18H2,1-5H3;1H3,(H,2,3,4)/b21-9+;. The van der Waals surface area contributed by atoms with E-state index in [1.165, 1.54) is 43.3 Å². The second-order valence-corrected chi connectivity index (χ2v) is 13.6. The molecule has 224 valence electrons. The van der Waals surface area contributed by atoms with Gasteiger partial charge >= 0.3 is 12.1 Å². The van der Waals surface area contributed by atoms with Gasteiger partial charge in [0.15, 0.2) is 0 Å². The minimum Gasteiger partial charge on any atom is -0.428 e. The van der Waals surface area contributed by atoms with Crippen LogP contribution in [0.5, 0.6) is 0 Å². The number of allylic oxidation sites excluding steroid dienone is 3. The van der Waals surface area contributed by atoms with Crippen molar-refractivity contribution in [2.75, 3.05) is 32.7 Å². The van der Waals surface area contributed by atoms with E-state index in [0.29, 0.717) is 25.4 Å². The van der Waals surface area contributed by atoms with Crippen LogP contribution < -0.4 is 5.32 Å². The van der Waals surface area contributed by atoms with Crippen LogP contribution in [0.2, 0.25) is 0 Å². The Balaban J connectivity index is 0.000000976. The van der Waals surface area contributed by atoms with E-state index in [1.807, 2.05) is 0 Å².